The van der Waals surface area contributed by atoms with Gasteiger partial charge in [0.1, 0.15) is 11.5 Å². The Balaban J connectivity index is 2.08. The second-order valence-electron chi connectivity index (χ2n) is 4.56. The molecule has 1 aromatic heterocycles. The molecule has 20 heavy (non-hydrogen) atoms. The highest BCUT2D eigenvalue weighted by Crippen LogP contribution is 2.21. The number of nitro groups is 1. The molecule has 5 nitrogen and oxygen atoms in total. The first-order chi connectivity index (χ1) is 9.49. The summed E-state index contributed by atoms with van der Waals surface area (Å²) in [7, 11) is 0. The van der Waals surface area contributed by atoms with Crippen molar-refractivity contribution in [3.63, 3.8) is 0 Å². The van der Waals surface area contributed by atoms with Gasteiger partial charge in [-0.25, -0.2) is 0 Å². The summed E-state index contributed by atoms with van der Waals surface area (Å²) < 4.78 is 19.3. The minimum Gasteiger partial charge on any atom is -0.465 e. The Morgan fingerprint density at radius 2 is 2.15 bits per heavy atom. The average molecular weight is 278 g/mol. The monoisotopic (exact) mass is 278 g/mol. The molecule has 0 amide bonds. The van der Waals surface area contributed by atoms with E-state index in [9.17, 15) is 14.5 Å². The number of hydrogen-bond acceptors (Lipinski definition) is 4. The topological polar surface area (TPSA) is 68.3 Å². The zero-order valence-corrected chi connectivity index (χ0v) is 11.2. The van der Waals surface area contributed by atoms with Crippen molar-refractivity contribution in [2.24, 2.45) is 0 Å². The summed E-state index contributed by atoms with van der Waals surface area (Å²) in [5.41, 5.74) is -0.250. The highest BCUT2D eigenvalue weighted by molar-refractivity contribution is 5.36. The van der Waals surface area contributed by atoms with Crippen molar-refractivity contribution in [2.75, 3.05) is 0 Å². The minimum absolute atomic E-state index is 0.109. The SMILES string of the molecule is Cc1ccc(C(C)NCc2cccc([N+](=O)[O-])c2F)o1. The minimum atomic E-state index is -0.798. The van der Waals surface area contributed by atoms with Gasteiger partial charge in [-0.05, 0) is 26.0 Å². The van der Waals surface area contributed by atoms with Crippen molar-refractivity contribution < 1.29 is 13.7 Å². The number of nitro benzene ring substituents is 1. The molecule has 1 aromatic carbocycles. The molecule has 0 radical (unpaired) electrons. The fourth-order valence-electron chi connectivity index (χ4n) is 1.89. The lowest BCUT2D eigenvalue weighted by Crippen LogP contribution is -2.18. The summed E-state index contributed by atoms with van der Waals surface area (Å²) in [6.07, 6.45) is 0. The van der Waals surface area contributed by atoms with Crippen molar-refractivity contribution in [3.05, 3.63) is 63.3 Å². The molecular formula is C14H15FN2O3. The van der Waals surface area contributed by atoms with Crippen LogP contribution in [0.15, 0.2) is 34.7 Å². The van der Waals surface area contributed by atoms with Gasteiger partial charge in [-0.3, -0.25) is 10.1 Å². The maximum Gasteiger partial charge on any atom is 0.305 e. The second kappa shape index (κ2) is 5.83. The predicted octanol–water partition coefficient (Wildman–Crippen LogP) is 3.49. The number of furan rings is 1. The highest BCUT2D eigenvalue weighted by Gasteiger charge is 2.18. The van der Waals surface area contributed by atoms with Gasteiger partial charge in [0, 0.05) is 18.2 Å². The first kappa shape index (κ1) is 14.2. The summed E-state index contributed by atoms with van der Waals surface area (Å²) in [5.74, 6) is 0.747. The Bertz CT molecular complexity index is 625. The molecule has 6 heteroatoms. The summed E-state index contributed by atoms with van der Waals surface area (Å²) >= 11 is 0. The van der Waals surface area contributed by atoms with Crippen molar-refractivity contribution >= 4 is 5.69 Å². The molecule has 2 aromatic rings. The van der Waals surface area contributed by atoms with Crippen LogP contribution in [0.1, 0.15) is 30.0 Å². The van der Waals surface area contributed by atoms with Crippen LogP contribution in [-0.4, -0.2) is 4.92 Å². The maximum absolute atomic E-state index is 13.9. The quantitative estimate of drug-likeness (QED) is 0.671. The Morgan fingerprint density at radius 3 is 2.75 bits per heavy atom. The maximum atomic E-state index is 13.9. The van der Waals surface area contributed by atoms with Gasteiger partial charge in [0.05, 0.1) is 11.0 Å². The van der Waals surface area contributed by atoms with Crippen molar-refractivity contribution in [1.29, 1.82) is 0 Å². The average Bonchev–Trinajstić information content (AvgIpc) is 2.83. The Labute approximate surface area is 115 Å². The van der Waals surface area contributed by atoms with Crippen molar-refractivity contribution in [3.8, 4) is 0 Å². The molecule has 0 aliphatic rings. The Morgan fingerprint density at radius 1 is 1.40 bits per heavy atom. The van der Waals surface area contributed by atoms with Crippen LogP contribution in [0.25, 0.3) is 0 Å². The molecule has 1 unspecified atom stereocenters. The summed E-state index contributed by atoms with van der Waals surface area (Å²) in [6.45, 7) is 3.92. The molecule has 0 saturated heterocycles. The number of hydrogen-bond donors (Lipinski definition) is 1. The molecule has 0 fully saturated rings. The van der Waals surface area contributed by atoms with E-state index in [2.05, 4.69) is 5.32 Å². The Hall–Kier alpha value is -2.21. The van der Waals surface area contributed by atoms with E-state index in [1.54, 1.807) is 0 Å². The molecule has 0 aliphatic heterocycles. The third-order valence-corrected chi connectivity index (χ3v) is 3.04. The van der Waals surface area contributed by atoms with E-state index in [0.29, 0.717) is 0 Å². The predicted molar refractivity (Wildman–Crippen MR) is 71.8 cm³/mol. The van der Waals surface area contributed by atoms with E-state index in [4.69, 9.17) is 4.42 Å². The molecule has 1 N–H and O–H groups in total. The van der Waals surface area contributed by atoms with Crippen LogP contribution < -0.4 is 5.32 Å². The smallest absolute Gasteiger partial charge is 0.305 e. The summed E-state index contributed by atoms with van der Waals surface area (Å²) in [6, 6.07) is 7.73. The second-order valence-corrected chi connectivity index (χ2v) is 4.56. The highest BCUT2D eigenvalue weighted by atomic mass is 19.1. The molecule has 2 rings (SSSR count). The van der Waals surface area contributed by atoms with E-state index >= 15 is 0 Å². The van der Waals surface area contributed by atoms with E-state index in [-0.39, 0.29) is 18.2 Å². The van der Waals surface area contributed by atoms with Crippen LogP contribution in [0.2, 0.25) is 0 Å². The number of aryl methyl sites for hydroxylation is 1. The van der Waals surface area contributed by atoms with Gasteiger partial charge in [-0.1, -0.05) is 12.1 Å². The van der Waals surface area contributed by atoms with E-state index in [1.165, 1.54) is 12.1 Å². The van der Waals surface area contributed by atoms with Crippen LogP contribution in [0, 0.1) is 22.9 Å². The van der Waals surface area contributed by atoms with E-state index in [1.807, 2.05) is 26.0 Å². The number of nitrogens with zero attached hydrogens (tertiary/aromatic N) is 1. The van der Waals surface area contributed by atoms with Crippen molar-refractivity contribution in [2.45, 2.75) is 26.4 Å². The standard InChI is InChI=1S/C14H15FN2O3/c1-9-6-7-13(20-9)10(2)16-8-11-4-3-5-12(14(11)15)17(18)19/h3-7,10,16H,8H2,1-2H3. The third-order valence-electron chi connectivity index (χ3n) is 3.04. The Kier molecular flexibility index (Phi) is 4.14. The van der Waals surface area contributed by atoms with Gasteiger partial charge >= 0.3 is 5.69 Å². The van der Waals surface area contributed by atoms with Gasteiger partial charge in [0.2, 0.25) is 5.82 Å². The first-order valence-electron chi connectivity index (χ1n) is 6.20. The molecule has 0 bridgehead atoms. The molecule has 0 aliphatic carbocycles. The lowest BCUT2D eigenvalue weighted by Gasteiger charge is -2.11. The lowest BCUT2D eigenvalue weighted by molar-refractivity contribution is -0.387. The van der Waals surface area contributed by atoms with Crippen LogP contribution in [0.5, 0.6) is 0 Å². The largest absolute Gasteiger partial charge is 0.465 e. The molecule has 1 heterocycles. The van der Waals surface area contributed by atoms with Crippen LogP contribution in [-0.2, 0) is 6.54 Å². The van der Waals surface area contributed by atoms with Gasteiger partial charge in [0.15, 0.2) is 0 Å². The lowest BCUT2D eigenvalue weighted by atomic mass is 10.1. The van der Waals surface area contributed by atoms with E-state index in [0.717, 1.165) is 17.6 Å². The molecule has 1 atom stereocenters. The van der Waals surface area contributed by atoms with E-state index < -0.39 is 16.4 Å². The van der Waals surface area contributed by atoms with Crippen molar-refractivity contribution in [1.82, 2.24) is 5.32 Å². The number of nitrogens with one attached hydrogen (secondary N) is 1. The number of halogens is 1. The van der Waals surface area contributed by atoms with Gasteiger partial charge in [-0.2, -0.15) is 4.39 Å². The van der Waals surface area contributed by atoms with Gasteiger partial charge in [0.25, 0.3) is 0 Å². The summed E-state index contributed by atoms with van der Waals surface area (Å²) in [4.78, 5) is 9.94. The fourth-order valence-corrected chi connectivity index (χ4v) is 1.89. The van der Waals surface area contributed by atoms with Gasteiger partial charge in [-0.15, -0.1) is 0 Å². The summed E-state index contributed by atoms with van der Waals surface area (Å²) in [5, 5.41) is 13.7. The first-order valence-corrected chi connectivity index (χ1v) is 6.20. The van der Waals surface area contributed by atoms with Crippen LogP contribution in [0.3, 0.4) is 0 Å². The molecule has 0 saturated carbocycles. The fraction of sp³-hybridized carbons (Fsp3) is 0.286. The van der Waals surface area contributed by atoms with Crippen LogP contribution >= 0.6 is 0 Å². The zero-order valence-electron chi connectivity index (χ0n) is 11.2. The number of rotatable bonds is 5. The normalized spacial score (nSPS) is 12.3. The van der Waals surface area contributed by atoms with Crippen LogP contribution in [0.4, 0.5) is 10.1 Å². The van der Waals surface area contributed by atoms with Gasteiger partial charge < -0.3 is 9.73 Å². The zero-order chi connectivity index (χ0) is 14.7. The third kappa shape index (κ3) is 3.03. The molecular weight excluding hydrogens is 263 g/mol. The molecule has 106 valence electrons. The molecule has 0 spiro atoms. The number of benzene rings is 1.